The van der Waals surface area contributed by atoms with Crippen molar-refractivity contribution in [2.75, 3.05) is 26.3 Å². The smallest absolute Gasteiger partial charge is 0.0575 e. The van der Waals surface area contributed by atoms with Gasteiger partial charge in [0, 0.05) is 18.9 Å². The van der Waals surface area contributed by atoms with Gasteiger partial charge in [0.25, 0.3) is 0 Å². The van der Waals surface area contributed by atoms with Gasteiger partial charge in [-0.05, 0) is 44.7 Å². The molecular weight excluding hydrogens is 294 g/mol. The van der Waals surface area contributed by atoms with E-state index in [1.807, 2.05) is 0 Å². The molecule has 2 nitrogen and oxygen atoms in total. The molecule has 1 N–H and O–H groups in total. The lowest BCUT2D eigenvalue weighted by atomic mass is 10.0. The third-order valence-electron chi connectivity index (χ3n) is 4.49. The molecule has 24 heavy (non-hydrogen) atoms. The molecule has 0 aromatic carbocycles. The molecule has 2 unspecified atom stereocenters. The molecule has 0 radical (unpaired) electrons. The molecule has 0 aromatic heterocycles. The molecular formula is C22H43NO. The minimum Gasteiger partial charge on any atom is -0.380 e. The van der Waals surface area contributed by atoms with Gasteiger partial charge < -0.3 is 10.1 Å². The van der Waals surface area contributed by atoms with Crippen molar-refractivity contribution in [2.45, 2.75) is 91.9 Å². The molecule has 0 saturated carbocycles. The van der Waals surface area contributed by atoms with E-state index < -0.39 is 0 Å². The van der Waals surface area contributed by atoms with Gasteiger partial charge in [0.1, 0.15) is 0 Å². The maximum atomic E-state index is 5.67. The Bertz CT molecular complexity index is 305. The highest BCUT2D eigenvalue weighted by Crippen LogP contribution is 2.09. The van der Waals surface area contributed by atoms with Crippen molar-refractivity contribution in [2.24, 2.45) is 11.8 Å². The van der Waals surface area contributed by atoms with Crippen LogP contribution in [0.2, 0.25) is 0 Å². The van der Waals surface area contributed by atoms with Gasteiger partial charge >= 0.3 is 0 Å². The minimum atomic E-state index is 0.586. The first kappa shape index (κ1) is 23.5. The van der Waals surface area contributed by atoms with Crippen molar-refractivity contribution in [1.29, 1.82) is 0 Å². The third kappa shape index (κ3) is 16.3. The highest BCUT2D eigenvalue weighted by atomic mass is 16.5. The van der Waals surface area contributed by atoms with Crippen molar-refractivity contribution in [3.63, 3.8) is 0 Å². The third-order valence-corrected chi connectivity index (χ3v) is 4.49. The van der Waals surface area contributed by atoms with Crippen molar-refractivity contribution in [3.05, 3.63) is 0 Å². The first-order chi connectivity index (χ1) is 11.7. The summed E-state index contributed by atoms with van der Waals surface area (Å²) in [5.74, 6) is 8.04. The second kappa shape index (κ2) is 18.8. The summed E-state index contributed by atoms with van der Waals surface area (Å²) in [6.45, 7) is 12.9. The molecule has 0 fully saturated rings. The van der Waals surface area contributed by atoms with Crippen LogP contribution in [0.15, 0.2) is 0 Å². The first-order valence-electron chi connectivity index (χ1n) is 10.5. The lowest BCUT2D eigenvalue weighted by molar-refractivity contribution is 0.137. The molecule has 0 saturated heterocycles. The van der Waals surface area contributed by atoms with E-state index in [2.05, 4.69) is 44.9 Å². The Kier molecular flexibility index (Phi) is 18.4. The Labute approximate surface area is 152 Å². The summed E-state index contributed by atoms with van der Waals surface area (Å²) < 4.78 is 5.67. The summed E-state index contributed by atoms with van der Waals surface area (Å²) in [5.41, 5.74) is 0. The highest BCUT2D eigenvalue weighted by molar-refractivity contribution is 5.03. The van der Waals surface area contributed by atoms with Crippen molar-refractivity contribution >= 4 is 0 Å². The number of rotatable bonds is 16. The van der Waals surface area contributed by atoms with Crippen LogP contribution in [0.1, 0.15) is 91.9 Å². The number of ether oxygens (including phenoxy) is 1. The van der Waals surface area contributed by atoms with Crippen molar-refractivity contribution in [3.8, 4) is 11.8 Å². The number of hydrogen-bond donors (Lipinski definition) is 1. The predicted molar refractivity (Wildman–Crippen MR) is 107 cm³/mol. The predicted octanol–water partition coefficient (Wildman–Crippen LogP) is 5.81. The van der Waals surface area contributed by atoms with Crippen molar-refractivity contribution < 1.29 is 4.74 Å². The summed E-state index contributed by atoms with van der Waals surface area (Å²) in [6, 6.07) is 0. The zero-order chi connectivity index (χ0) is 17.9. The lowest BCUT2D eigenvalue weighted by Crippen LogP contribution is -2.23. The Hall–Kier alpha value is -0.520. The average molecular weight is 338 g/mol. The quantitative estimate of drug-likeness (QED) is 0.283. The number of nitrogens with one attached hydrogen (secondary N) is 1. The summed E-state index contributed by atoms with van der Waals surface area (Å²) in [7, 11) is 0. The second-order valence-corrected chi connectivity index (χ2v) is 7.09. The maximum absolute atomic E-state index is 5.67. The Balaban J connectivity index is 3.35. The molecule has 0 rings (SSSR count). The van der Waals surface area contributed by atoms with Crippen molar-refractivity contribution in [1.82, 2.24) is 5.32 Å². The average Bonchev–Trinajstić information content (AvgIpc) is 2.59. The van der Waals surface area contributed by atoms with Crippen LogP contribution in [-0.2, 0) is 4.74 Å². The molecule has 0 heterocycles. The Morgan fingerprint density at radius 1 is 0.917 bits per heavy atom. The minimum absolute atomic E-state index is 0.586. The van der Waals surface area contributed by atoms with Gasteiger partial charge in [-0.25, -0.2) is 0 Å². The Morgan fingerprint density at radius 3 is 2.46 bits per heavy atom. The summed E-state index contributed by atoms with van der Waals surface area (Å²) in [5, 5.41) is 3.56. The van der Waals surface area contributed by atoms with E-state index in [-0.39, 0.29) is 0 Å². The molecule has 2 atom stereocenters. The highest BCUT2D eigenvalue weighted by Gasteiger charge is 2.01. The van der Waals surface area contributed by atoms with Gasteiger partial charge in [0.05, 0.1) is 6.61 Å². The zero-order valence-electron chi connectivity index (χ0n) is 17.0. The van der Waals surface area contributed by atoms with Gasteiger partial charge in [0.2, 0.25) is 0 Å². The topological polar surface area (TPSA) is 21.3 Å². The molecule has 0 aromatic rings. The van der Waals surface area contributed by atoms with Crippen LogP contribution in [0.5, 0.6) is 0 Å². The van der Waals surface area contributed by atoms with E-state index in [9.17, 15) is 0 Å². The van der Waals surface area contributed by atoms with E-state index in [0.29, 0.717) is 5.92 Å². The van der Waals surface area contributed by atoms with Crippen LogP contribution in [-0.4, -0.2) is 26.3 Å². The van der Waals surface area contributed by atoms with Crippen LogP contribution in [0.3, 0.4) is 0 Å². The fraction of sp³-hybridized carbons (Fsp3) is 0.909. The molecule has 0 aliphatic heterocycles. The molecule has 142 valence electrons. The zero-order valence-corrected chi connectivity index (χ0v) is 17.0. The van der Waals surface area contributed by atoms with Crippen LogP contribution in [0.25, 0.3) is 0 Å². The van der Waals surface area contributed by atoms with E-state index in [0.717, 1.165) is 45.1 Å². The first-order valence-corrected chi connectivity index (χ1v) is 10.5. The fourth-order valence-corrected chi connectivity index (χ4v) is 2.84. The molecule has 2 heteroatoms. The van der Waals surface area contributed by atoms with E-state index in [1.165, 1.54) is 51.4 Å². The SMILES string of the molecule is CCCCCCC(C)CNCCCOCCC#CC(CC)CCC. The number of unbranched alkanes of at least 4 members (excludes halogenated alkanes) is 3. The molecule has 0 amide bonds. The van der Waals surface area contributed by atoms with Crippen LogP contribution in [0.4, 0.5) is 0 Å². The largest absolute Gasteiger partial charge is 0.380 e. The summed E-state index contributed by atoms with van der Waals surface area (Å²) >= 11 is 0. The second-order valence-electron chi connectivity index (χ2n) is 7.09. The molecule has 0 bridgehead atoms. The standard InChI is InChI=1S/C22H43NO/c1-5-8-9-10-15-21(4)20-23-17-13-19-24-18-12-11-16-22(7-3)14-6-2/h21-23H,5-10,12-15,17-20H2,1-4H3. The van der Waals surface area contributed by atoms with Gasteiger partial charge in [-0.15, -0.1) is 5.92 Å². The fourth-order valence-electron chi connectivity index (χ4n) is 2.84. The summed E-state index contributed by atoms with van der Waals surface area (Å²) in [6.07, 6.45) is 12.5. The van der Waals surface area contributed by atoms with E-state index in [1.54, 1.807) is 0 Å². The van der Waals surface area contributed by atoms with Gasteiger partial charge in [0.15, 0.2) is 0 Å². The molecule has 0 spiro atoms. The molecule has 0 aliphatic carbocycles. The van der Waals surface area contributed by atoms with Gasteiger partial charge in [-0.1, -0.05) is 65.7 Å². The van der Waals surface area contributed by atoms with Crippen LogP contribution >= 0.6 is 0 Å². The summed E-state index contributed by atoms with van der Waals surface area (Å²) in [4.78, 5) is 0. The lowest BCUT2D eigenvalue weighted by Gasteiger charge is -2.12. The Morgan fingerprint density at radius 2 is 1.75 bits per heavy atom. The van der Waals surface area contributed by atoms with Gasteiger partial charge in [-0.3, -0.25) is 0 Å². The maximum Gasteiger partial charge on any atom is 0.0575 e. The van der Waals surface area contributed by atoms with Crippen LogP contribution < -0.4 is 5.32 Å². The monoisotopic (exact) mass is 337 g/mol. The molecule has 0 aliphatic rings. The van der Waals surface area contributed by atoms with E-state index in [4.69, 9.17) is 4.74 Å². The van der Waals surface area contributed by atoms with Gasteiger partial charge in [-0.2, -0.15) is 0 Å². The number of hydrogen-bond acceptors (Lipinski definition) is 2. The van der Waals surface area contributed by atoms with E-state index >= 15 is 0 Å². The van der Waals surface area contributed by atoms with Crippen LogP contribution in [0, 0.1) is 23.7 Å². The normalized spacial score (nSPS) is 13.3.